The van der Waals surface area contributed by atoms with Crippen LogP contribution in [0.2, 0.25) is 0 Å². The van der Waals surface area contributed by atoms with Gasteiger partial charge in [-0.25, -0.2) is 0 Å². The lowest BCUT2D eigenvalue weighted by Crippen LogP contribution is -2.01. The van der Waals surface area contributed by atoms with Crippen LogP contribution in [0.15, 0.2) is 24.3 Å². The van der Waals surface area contributed by atoms with Gasteiger partial charge in [-0.3, -0.25) is 0 Å². The first-order valence-electron chi connectivity index (χ1n) is 6.72. The minimum atomic E-state index is 0.386. The standard InChI is InChI=1S/C16H23NOS/c1-14(2)8-11-19-12-10-18-16-7-3-5-15(13-16)6-4-9-17/h3,5,7,13-14H,8-12,17H2,1-2H3. The number of rotatable bonds is 7. The Morgan fingerprint density at radius 3 is 2.89 bits per heavy atom. The van der Waals surface area contributed by atoms with Gasteiger partial charge in [-0.05, 0) is 36.3 Å². The maximum absolute atomic E-state index is 5.71. The zero-order chi connectivity index (χ0) is 13.9. The van der Waals surface area contributed by atoms with Crippen molar-refractivity contribution < 1.29 is 4.74 Å². The molecule has 0 bridgehead atoms. The largest absolute Gasteiger partial charge is 0.493 e. The molecule has 0 aliphatic carbocycles. The molecular weight excluding hydrogens is 254 g/mol. The van der Waals surface area contributed by atoms with Gasteiger partial charge in [0.15, 0.2) is 0 Å². The molecule has 1 aromatic rings. The lowest BCUT2D eigenvalue weighted by atomic mass is 10.2. The molecule has 0 saturated carbocycles. The number of benzene rings is 1. The first-order valence-corrected chi connectivity index (χ1v) is 7.87. The van der Waals surface area contributed by atoms with Crippen molar-refractivity contribution >= 4 is 11.8 Å². The van der Waals surface area contributed by atoms with Crippen LogP contribution in [-0.2, 0) is 0 Å². The molecule has 0 saturated heterocycles. The fourth-order valence-corrected chi connectivity index (χ4v) is 2.50. The molecule has 0 aliphatic heterocycles. The monoisotopic (exact) mass is 277 g/mol. The predicted molar refractivity (Wildman–Crippen MR) is 84.6 cm³/mol. The SMILES string of the molecule is CC(C)CCSCCOc1cccc(C#CCN)c1. The van der Waals surface area contributed by atoms with Crippen LogP contribution in [0.1, 0.15) is 25.8 Å². The van der Waals surface area contributed by atoms with E-state index in [1.54, 1.807) is 0 Å². The maximum atomic E-state index is 5.71. The van der Waals surface area contributed by atoms with Crippen LogP contribution in [0.25, 0.3) is 0 Å². The van der Waals surface area contributed by atoms with E-state index >= 15 is 0 Å². The molecule has 0 amide bonds. The van der Waals surface area contributed by atoms with Gasteiger partial charge in [0.1, 0.15) is 5.75 Å². The van der Waals surface area contributed by atoms with Crippen LogP contribution in [0.5, 0.6) is 5.75 Å². The fourth-order valence-electron chi connectivity index (χ4n) is 1.46. The van der Waals surface area contributed by atoms with E-state index in [0.717, 1.165) is 29.6 Å². The van der Waals surface area contributed by atoms with Crippen molar-refractivity contribution in [2.75, 3.05) is 24.7 Å². The third kappa shape index (κ3) is 7.81. The Kier molecular flexibility index (Phi) is 8.20. The summed E-state index contributed by atoms with van der Waals surface area (Å²) in [6.07, 6.45) is 1.27. The van der Waals surface area contributed by atoms with Crippen molar-refractivity contribution in [1.29, 1.82) is 0 Å². The van der Waals surface area contributed by atoms with Crippen molar-refractivity contribution in [3.8, 4) is 17.6 Å². The molecule has 104 valence electrons. The Labute approximate surface area is 121 Å². The van der Waals surface area contributed by atoms with Crippen molar-refractivity contribution in [3.63, 3.8) is 0 Å². The first kappa shape index (κ1) is 15.9. The van der Waals surface area contributed by atoms with Crippen LogP contribution in [0.3, 0.4) is 0 Å². The zero-order valence-electron chi connectivity index (χ0n) is 11.8. The summed E-state index contributed by atoms with van der Waals surface area (Å²) in [5.74, 6) is 9.76. The van der Waals surface area contributed by atoms with Gasteiger partial charge in [-0.2, -0.15) is 11.8 Å². The minimum Gasteiger partial charge on any atom is -0.493 e. The Morgan fingerprint density at radius 1 is 1.32 bits per heavy atom. The van der Waals surface area contributed by atoms with Crippen molar-refractivity contribution in [2.24, 2.45) is 11.7 Å². The molecule has 2 N–H and O–H groups in total. The lowest BCUT2D eigenvalue weighted by molar-refractivity contribution is 0.344. The maximum Gasteiger partial charge on any atom is 0.120 e. The molecule has 0 aromatic heterocycles. The van der Waals surface area contributed by atoms with Gasteiger partial charge in [0, 0.05) is 11.3 Å². The summed E-state index contributed by atoms with van der Waals surface area (Å²) >= 11 is 1.95. The third-order valence-corrected chi connectivity index (χ3v) is 3.48. The molecule has 0 radical (unpaired) electrons. The van der Waals surface area contributed by atoms with Crippen molar-refractivity contribution in [1.82, 2.24) is 0 Å². The van der Waals surface area contributed by atoms with Crippen LogP contribution in [0, 0.1) is 17.8 Å². The number of thioether (sulfide) groups is 1. The molecule has 1 aromatic carbocycles. The summed E-state index contributed by atoms with van der Waals surface area (Å²) in [4.78, 5) is 0. The van der Waals surface area contributed by atoms with Gasteiger partial charge in [-0.1, -0.05) is 31.8 Å². The smallest absolute Gasteiger partial charge is 0.120 e. The van der Waals surface area contributed by atoms with Crippen LogP contribution >= 0.6 is 11.8 Å². The van der Waals surface area contributed by atoms with E-state index in [4.69, 9.17) is 10.5 Å². The quantitative estimate of drug-likeness (QED) is 0.614. The Hall–Kier alpha value is -1.11. The Balaban J connectivity index is 2.25. The van der Waals surface area contributed by atoms with E-state index in [1.807, 2.05) is 36.0 Å². The van der Waals surface area contributed by atoms with Crippen LogP contribution in [-0.4, -0.2) is 24.7 Å². The zero-order valence-corrected chi connectivity index (χ0v) is 12.6. The summed E-state index contributed by atoms with van der Waals surface area (Å²) in [6, 6.07) is 7.85. The molecular formula is C16H23NOS. The molecule has 19 heavy (non-hydrogen) atoms. The number of hydrogen-bond acceptors (Lipinski definition) is 3. The normalized spacial score (nSPS) is 10.1. The van der Waals surface area contributed by atoms with E-state index in [2.05, 4.69) is 25.7 Å². The van der Waals surface area contributed by atoms with E-state index < -0.39 is 0 Å². The van der Waals surface area contributed by atoms with E-state index in [1.165, 1.54) is 12.2 Å². The highest BCUT2D eigenvalue weighted by molar-refractivity contribution is 7.99. The van der Waals surface area contributed by atoms with Gasteiger partial charge in [0.2, 0.25) is 0 Å². The van der Waals surface area contributed by atoms with E-state index in [-0.39, 0.29) is 0 Å². The third-order valence-electron chi connectivity index (χ3n) is 2.50. The van der Waals surface area contributed by atoms with Gasteiger partial charge >= 0.3 is 0 Å². The fraction of sp³-hybridized carbons (Fsp3) is 0.500. The topological polar surface area (TPSA) is 35.2 Å². The summed E-state index contributed by atoms with van der Waals surface area (Å²) in [5.41, 5.74) is 6.31. The predicted octanol–water partition coefficient (Wildman–Crippen LogP) is 3.15. The van der Waals surface area contributed by atoms with Crippen LogP contribution in [0.4, 0.5) is 0 Å². The second-order valence-corrected chi connectivity index (χ2v) is 5.90. The van der Waals surface area contributed by atoms with Gasteiger partial charge in [0.05, 0.1) is 13.2 Å². The average molecular weight is 277 g/mol. The second kappa shape index (κ2) is 9.77. The number of ether oxygens (including phenoxy) is 1. The lowest BCUT2D eigenvalue weighted by Gasteiger charge is -2.07. The van der Waals surface area contributed by atoms with E-state index in [0.29, 0.717) is 6.54 Å². The second-order valence-electron chi connectivity index (χ2n) is 4.68. The molecule has 0 fully saturated rings. The number of hydrogen-bond donors (Lipinski definition) is 1. The van der Waals surface area contributed by atoms with Gasteiger partial charge < -0.3 is 10.5 Å². The highest BCUT2D eigenvalue weighted by atomic mass is 32.2. The molecule has 0 aliphatic rings. The molecule has 3 heteroatoms. The molecule has 0 heterocycles. The van der Waals surface area contributed by atoms with Crippen molar-refractivity contribution in [2.45, 2.75) is 20.3 Å². The molecule has 0 spiro atoms. The molecule has 2 nitrogen and oxygen atoms in total. The van der Waals surface area contributed by atoms with Gasteiger partial charge in [0.25, 0.3) is 0 Å². The molecule has 0 unspecified atom stereocenters. The highest BCUT2D eigenvalue weighted by Gasteiger charge is 1.97. The van der Waals surface area contributed by atoms with Crippen LogP contribution < -0.4 is 10.5 Å². The summed E-state index contributed by atoms with van der Waals surface area (Å²) in [7, 11) is 0. The average Bonchev–Trinajstić information content (AvgIpc) is 2.40. The molecule has 1 rings (SSSR count). The van der Waals surface area contributed by atoms with Gasteiger partial charge in [-0.15, -0.1) is 0 Å². The summed E-state index contributed by atoms with van der Waals surface area (Å²) in [6.45, 7) is 5.64. The minimum absolute atomic E-state index is 0.386. The summed E-state index contributed by atoms with van der Waals surface area (Å²) in [5, 5.41) is 0. The summed E-state index contributed by atoms with van der Waals surface area (Å²) < 4.78 is 5.71. The number of nitrogens with two attached hydrogens (primary N) is 1. The Bertz CT molecular complexity index is 420. The van der Waals surface area contributed by atoms with E-state index in [9.17, 15) is 0 Å². The Morgan fingerprint density at radius 2 is 2.16 bits per heavy atom. The first-order chi connectivity index (χ1) is 9.22. The highest BCUT2D eigenvalue weighted by Crippen LogP contribution is 2.14. The molecule has 0 atom stereocenters. The van der Waals surface area contributed by atoms with Crippen molar-refractivity contribution in [3.05, 3.63) is 29.8 Å².